The molecule has 3 nitrogen and oxygen atoms in total. The molecule has 0 heterocycles. The van der Waals surface area contributed by atoms with E-state index in [-0.39, 0.29) is 11.9 Å². The first kappa shape index (κ1) is 15.6. The van der Waals surface area contributed by atoms with E-state index in [1.54, 1.807) is 13.8 Å². The lowest BCUT2D eigenvalue weighted by Crippen LogP contribution is -2.43. The van der Waals surface area contributed by atoms with Crippen LogP contribution in [0.4, 0.5) is 8.78 Å². The maximum absolute atomic E-state index is 13.1. The molecule has 19 heavy (non-hydrogen) atoms. The SMILES string of the molecule is CCCNC(=O)C(C)NC(C)c1cc(F)cc(F)c1. The van der Waals surface area contributed by atoms with Crippen LogP contribution in [-0.4, -0.2) is 18.5 Å². The second kappa shape index (κ2) is 7.19. The normalized spacial score (nSPS) is 13.9. The predicted octanol–water partition coefficient (Wildman–Crippen LogP) is 2.53. The van der Waals surface area contributed by atoms with Crippen LogP contribution >= 0.6 is 0 Å². The van der Waals surface area contributed by atoms with Crippen molar-refractivity contribution in [1.29, 1.82) is 0 Å². The molecule has 0 aliphatic heterocycles. The number of benzene rings is 1. The fourth-order valence-electron chi connectivity index (χ4n) is 1.77. The second-order valence-corrected chi connectivity index (χ2v) is 4.60. The molecule has 0 radical (unpaired) electrons. The summed E-state index contributed by atoms with van der Waals surface area (Å²) in [6, 6.07) is 2.61. The minimum Gasteiger partial charge on any atom is -0.355 e. The Morgan fingerprint density at radius 1 is 1.21 bits per heavy atom. The van der Waals surface area contributed by atoms with Crippen molar-refractivity contribution in [2.45, 2.75) is 39.3 Å². The van der Waals surface area contributed by atoms with Crippen LogP contribution in [0.5, 0.6) is 0 Å². The number of halogens is 2. The first-order valence-electron chi connectivity index (χ1n) is 6.43. The molecule has 5 heteroatoms. The van der Waals surface area contributed by atoms with Crippen LogP contribution in [0.25, 0.3) is 0 Å². The molecule has 1 aromatic carbocycles. The van der Waals surface area contributed by atoms with Crippen LogP contribution in [0.2, 0.25) is 0 Å². The van der Waals surface area contributed by atoms with E-state index in [2.05, 4.69) is 10.6 Å². The molecule has 2 unspecified atom stereocenters. The molecule has 1 amide bonds. The second-order valence-electron chi connectivity index (χ2n) is 4.60. The summed E-state index contributed by atoms with van der Waals surface area (Å²) in [7, 11) is 0. The average molecular weight is 270 g/mol. The summed E-state index contributed by atoms with van der Waals surface area (Å²) >= 11 is 0. The van der Waals surface area contributed by atoms with Gasteiger partial charge in [-0.05, 0) is 38.0 Å². The first-order valence-corrected chi connectivity index (χ1v) is 6.43. The standard InChI is InChI=1S/C14H20F2N2O/c1-4-5-17-14(19)10(3)18-9(2)11-6-12(15)8-13(16)7-11/h6-10,18H,4-5H2,1-3H3,(H,17,19). The van der Waals surface area contributed by atoms with E-state index in [4.69, 9.17) is 0 Å². The van der Waals surface area contributed by atoms with E-state index in [1.165, 1.54) is 12.1 Å². The average Bonchev–Trinajstić information content (AvgIpc) is 2.34. The lowest BCUT2D eigenvalue weighted by molar-refractivity contribution is -0.122. The van der Waals surface area contributed by atoms with Crippen molar-refractivity contribution >= 4 is 5.91 Å². The molecule has 0 aromatic heterocycles. The summed E-state index contributed by atoms with van der Waals surface area (Å²) in [5.41, 5.74) is 0.479. The largest absolute Gasteiger partial charge is 0.355 e. The van der Waals surface area contributed by atoms with Gasteiger partial charge < -0.3 is 5.32 Å². The van der Waals surface area contributed by atoms with Crippen LogP contribution in [0, 0.1) is 11.6 Å². The van der Waals surface area contributed by atoms with E-state index in [0.717, 1.165) is 12.5 Å². The van der Waals surface area contributed by atoms with Crippen molar-refractivity contribution < 1.29 is 13.6 Å². The Morgan fingerprint density at radius 3 is 2.32 bits per heavy atom. The summed E-state index contributed by atoms with van der Waals surface area (Å²) in [6.07, 6.45) is 0.864. The zero-order valence-electron chi connectivity index (χ0n) is 11.5. The van der Waals surface area contributed by atoms with Gasteiger partial charge in [0.2, 0.25) is 5.91 Å². The topological polar surface area (TPSA) is 41.1 Å². The van der Waals surface area contributed by atoms with E-state index >= 15 is 0 Å². The van der Waals surface area contributed by atoms with Gasteiger partial charge in [0.25, 0.3) is 0 Å². The Labute approximate surface area is 112 Å². The summed E-state index contributed by atoms with van der Waals surface area (Å²) in [4.78, 5) is 11.7. The Hall–Kier alpha value is -1.49. The molecule has 0 aliphatic rings. The molecule has 0 aliphatic carbocycles. The smallest absolute Gasteiger partial charge is 0.236 e. The zero-order valence-corrected chi connectivity index (χ0v) is 11.5. The molecule has 0 bridgehead atoms. The fourth-order valence-corrected chi connectivity index (χ4v) is 1.77. The first-order chi connectivity index (χ1) is 8.93. The summed E-state index contributed by atoms with van der Waals surface area (Å²) < 4.78 is 26.2. The molecule has 1 rings (SSSR count). The predicted molar refractivity (Wildman–Crippen MR) is 70.7 cm³/mol. The lowest BCUT2D eigenvalue weighted by atomic mass is 10.1. The maximum Gasteiger partial charge on any atom is 0.236 e. The van der Waals surface area contributed by atoms with Crippen molar-refractivity contribution in [1.82, 2.24) is 10.6 Å². The van der Waals surface area contributed by atoms with Crippen LogP contribution in [-0.2, 0) is 4.79 Å². The monoisotopic (exact) mass is 270 g/mol. The van der Waals surface area contributed by atoms with Crippen molar-refractivity contribution in [2.24, 2.45) is 0 Å². The molecule has 0 spiro atoms. The number of rotatable bonds is 6. The van der Waals surface area contributed by atoms with Gasteiger partial charge in [-0.3, -0.25) is 10.1 Å². The lowest BCUT2D eigenvalue weighted by Gasteiger charge is -2.20. The van der Waals surface area contributed by atoms with Gasteiger partial charge in [0, 0.05) is 18.7 Å². The molecule has 106 valence electrons. The van der Waals surface area contributed by atoms with Crippen LogP contribution in [0.3, 0.4) is 0 Å². The molecular formula is C14H20F2N2O. The number of amides is 1. The van der Waals surface area contributed by atoms with Crippen molar-refractivity contribution in [3.8, 4) is 0 Å². The third-order valence-electron chi connectivity index (χ3n) is 2.83. The van der Waals surface area contributed by atoms with Crippen LogP contribution in [0.1, 0.15) is 38.8 Å². The van der Waals surface area contributed by atoms with Gasteiger partial charge in [0.05, 0.1) is 6.04 Å². The van der Waals surface area contributed by atoms with E-state index < -0.39 is 17.7 Å². The van der Waals surface area contributed by atoms with Crippen molar-refractivity contribution in [3.05, 3.63) is 35.4 Å². The van der Waals surface area contributed by atoms with Gasteiger partial charge in [-0.1, -0.05) is 6.92 Å². The highest BCUT2D eigenvalue weighted by molar-refractivity contribution is 5.81. The summed E-state index contributed by atoms with van der Waals surface area (Å²) in [6.45, 7) is 6.07. The number of hydrogen-bond donors (Lipinski definition) is 2. The highest BCUT2D eigenvalue weighted by Gasteiger charge is 2.16. The third kappa shape index (κ3) is 4.95. The summed E-state index contributed by atoms with van der Waals surface area (Å²) in [5, 5.41) is 5.78. The molecule has 2 N–H and O–H groups in total. The minimum absolute atomic E-state index is 0.120. The quantitative estimate of drug-likeness (QED) is 0.834. The van der Waals surface area contributed by atoms with Gasteiger partial charge in [0.15, 0.2) is 0 Å². The van der Waals surface area contributed by atoms with Gasteiger partial charge in [-0.2, -0.15) is 0 Å². The molecule has 0 saturated carbocycles. The minimum atomic E-state index is -0.619. The Balaban J connectivity index is 2.63. The molecule has 0 saturated heterocycles. The van der Waals surface area contributed by atoms with Crippen LogP contribution < -0.4 is 10.6 Å². The van der Waals surface area contributed by atoms with Crippen molar-refractivity contribution in [3.63, 3.8) is 0 Å². The highest BCUT2D eigenvalue weighted by Crippen LogP contribution is 2.16. The van der Waals surface area contributed by atoms with Gasteiger partial charge >= 0.3 is 0 Å². The van der Waals surface area contributed by atoms with E-state index in [9.17, 15) is 13.6 Å². The summed E-state index contributed by atoms with van der Waals surface area (Å²) in [5.74, 6) is -1.36. The third-order valence-corrected chi connectivity index (χ3v) is 2.83. The van der Waals surface area contributed by atoms with E-state index in [1.807, 2.05) is 6.92 Å². The maximum atomic E-state index is 13.1. The number of hydrogen-bond acceptors (Lipinski definition) is 2. The van der Waals surface area contributed by atoms with Crippen LogP contribution in [0.15, 0.2) is 18.2 Å². The zero-order chi connectivity index (χ0) is 14.4. The molecule has 1 aromatic rings. The van der Waals surface area contributed by atoms with Gasteiger partial charge in [-0.25, -0.2) is 8.78 Å². The highest BCUT2D eigenvalue weighted by atomic mass is 19.1. The van der Waals surface area contributed by atoms with Gasteiger partial charge in [-0.15, -0.1) is 0 Å². The number of carbonyl (C=O) groups excluding carboxylic acids is 1. The Kier molecular flexibility index (Phi) is 5.89. The Morgan fingerprint density at radius 2 is 1.79 bits per heavy atom. The molecule has 2 atom stereocenters. The fraction of sp³-hybridized carbons (Fsp3) is 0.500. The molecular weight excluding hydrogens is 250 g/mol. The molecule has 0 fully saturated rings. The number of nitrogens with one attached hydrogen (secondary N) is 2. The Bertz CT molecular complexity index is 417. The van der Waals surface area contributed by atoms with Crippen molar-refractivity contribution in [2.75, 3.05) is 6.54 Å². The number of carbonyl (C=O) groups is 1. The van der Waals surface area contributed by atoms with Gasteiger partial charge in [0.1, 0.15) is 11.6 Å². The van der Waals surface area contributed by atoms with E-state index in [0.29, 0.717) is 12.1 Å².